The van der Waals surface area contributed by atoms with Crippen molar-refractivity contribution in [1.82, 2.24) is 23.8 Å². The predicted molar refractivity (Wildman–Crippen MR) is 98.2 cm³/mol. The molecule has 0 unspecified atom stereocenters. The fraction of sp³-hybridized carbons (Fsp3) is 0.389. The SMILES string of the molecule is Cn1ccnc(NC[C@@H]2CN(Cc3cnc4ccccn34)CCO2)c1=O. The summed E-state index contributed by atoms with van der Waals surface area (Å²) in [5.41, 5.74) is 1.98. The molecule has 0 saturated carbocycles. The molecule has 136 valence electrons. The second kappa shape index (κ2) is 7.27. The number of pyridine rings is 1. The lowest BCUT2D eigenvalue weighted by Gasteiger charge is -2.32. The molecule has 0 aliphatic carbocycles. The molecule has 3 aromatic heterocycles. The Morgan fingerprint density at radius 2 is 2.23 bits per heavy atom. The van der Waals surface area contributed by atoms with Crippen molar-refractivity contribution in [2.24, 2.45) is 7.05 Å². The fourth-order valence-electron chi connectivity index (χ4n) is 3.21. The Kier molecular flexibility index (Phi) is 4.68. The lowest BCUT2D eigenvalue weighted by Crippen LogP contribution is -2.45. The minimum Gasteiger partial charge on any atom is -0.374 e. The number of aromatic nitrogens is 4. The Bertz CT molecular complexity index is 950. The van der Waals surface area contributed by atoms with Crippen LogP contribution in [0.5, 0.6) is 0 Å². The Labute approximate surface area is 151 Å². The third-order valence-corrected chi connectivity index (χ3v) is 4.62. The maximum atomic E-state index is 12.0. The van der Waals surface area contributed by atoms with E-state index in [0.717, 1.165) is 31.0 Å². The van der Waals surface area contributed by atoms with Gasteiger partial charge < -0.3 is 19.0 Å². The van der Waals surface area contributed by atoms with Gasteiger partial charge in [-0.2, -0.15) is 0 Å². The molecular formula is C18H22N6O2. The maximum Gasteiger partial charge on any atom is 0.293 e. The molecule has 1 saturated heterocycles. The molecule has 8 heteroatoms. The highest BCUT2D eigenvalue weighted by molar-refractivity contribution is 5.39. The lowest BCUT2D eigenvalue weighted by atomic mass is 10.2. The summed E-state index contributed by atoms with van der Waals surface area (Å²) in [6.45, 7) is 3.71. The average molecular weight is 354 g/mol. The molecule has 3 aromatic rings. The van der Waals surface area contributed by atoms with E-state index in [1.54, 1.807) is 19.4 Å². The van der Waals surface area contributed by atoms with Crippen LogP contribution in [0.3, 0.4) is 0 Å². The largest absolute Gasteiger partial charge is 0.374 e. The summed E-state index contributed by atoms with van der Waals surface area (Å²) in [6.07, 6.45) is 7.23. The van der Waals surface area contributed by atoms with Crippen LogP contribution in [0.15, 0.2) is 47.8 Å². The summed E-state index contributed by atoms with van der Waals surface area (Å²) < 4.78 is 9.46. The van der Waals surface area contributed by atoms with Crippen LogP contribution >= 0.6 is 0 Å². The van der Waals surface area contributed by atoms with Gasteiger partial charge in [-0.25, -0.2) is 9.97 Å². The first-order valence-corrected chi connectivity index (χ1v) is 8.71. The minimum absolute atomic E-state index is 0.00893. The highest BCUT2D eigenvalue weighted by Crippen LogP contribution is 2.13. The van der Waals surface area contributed by atoms with Crippen molar-refractivity contribution in [1.29, 1.82) is 0 Å². The number of hydrogen-bond acceptors (Lipinski definition) is 6. The quantitative estimate of drug-likeness (QED) is 0.728. The van der Waals surface area contributed by atoms with Crippen molar-refractivity contribution < 1.29 is 4.74 Å². The summed E-state index contributed by atoms with van der Waals surface area (Å²) in [5, 5.41) is 3.12. The monoisotopic (exact) mass is 354 g/mol. The number of rotatable bonds is 5. The van der Waals surface area contributed by atoms with E-state index in [1.807, 2.05) is 30.6 Å². The van der Waals surface area contributed by atoms with Crippen molar-refractivity contribution in [3.05, 3.63) is 59.0 Å². The predicted octanol–water partition coefficient (Wildman–Crippen LogP) is 0.741. The highest BCUT2D eigenvalue weighted by Gasteiger charge is 2.21. The lowest BCUT2D eigenvalue weighted by molar-refractivity contribution is -0.0245. The van der Waals surface area contributed by atoms with E-state index in [2.05, 4.69) is 24.6 Å². The van der Waals surface area contributed by atoms with Crippen LogP contribution in [0.4, 0.5) is 5.82 Å². The first kappa shape index (κ1) is 16.7. The summed E-state index contributed by atoms with van der Waals surface area (Å²) in [5.74, 6) is 0.359. The van der Waals surface area contributed by atoms with Gasteiger partial charge in [-0.1, -0.05) is 6.07 Å². The van der Waals surface area contributed by atoms with Crippen LogP contribution in [0, 0.1) is 0 Å². The van der Waals surface area contributed by atoms with Crippen molar-refractivity contribution in [2.45, 2.75) is 12.6 Å². The third kappa shape index (κ3) is 3.47. The van der Waals surface area contributed by atoms with Gasteiger partial charge in [-0.05, 0) is 12.1 Å². The third-order valence-electron chi connectivity index (χ3n) is 4.62. The van der Waals surface area contributed by atoms with Crippen LogP contribution in [0.1, 0.15) is 5.69 Å². The zero-order valence-electron chi connectivity index (χ0n) is 14.7. The molecule has 8 nitrogen and oxygen atoms in total. The van der Waals surface area contributed by atoms with E-state index in [9.17, 15) is 4.79 Å². The van der Waals surface area contributed by atoms with Gasteiger partial charge >= 0.3 is 0 Å². The van der Waals surface area contributed by atoms with E-state index in [1.165, 1.54) is 4.57 Å². The zero-order valence-corrected chi connectivity index (χ0v) is 14.7. The summed E-state index contributed by atoms with van der Waals surface area (Å²) in [6, 6.07) is 6.00. The number of nitrogens with zero attached hydrogens (tertiary/aromatic N) is 5. The normalized spacial score (nSPS) is 18.3. The highest BCUT2D eigenvalue weighted by atomic mass is 16.5. The van der Waals surface area contributed by atoms with Crippen LogP contribution in [0.25, 0.3) is 5.65 Å². The van der Waals surface area contributed by atoms with Gasteiger partial charge in [0, 0.05) is 51.8 Å². The van der Waals surface area contributed by atoms with Crippen LogP contribution in [-0.4, -0.2) is 56.2 Å². The Morgan fingerprint density at radius 3 is 3.15 bits per heavy atom. The second-order valence-electron chi connectivity index (χ2n) is 6.48. The average Bonchev–Trinajstić information content (AvgIpc) is 3.06. The van der Waals surface area contributed by atoms with Crippen molar-refractivity contribution in [3.8, 4) is 0 Å². The molecule has 0 spiro atoms. The number of fused-ring (bicyclic) bond motifs is 1. The standard InChI is InChI=1S/C18H22N6O2/c1-22-7-5-19-17(18(22)25)21-11-15-13-23(8-9-26-15)12-14-10-20-16-4-2-3-6-24(14)16/h2-7,10,15H,8-9,11-13H2,1H3,(H,19,21)/t15-/m1/s1. The molecule has 1 atom stereocenters. The van der Waals surface area contributed by atoms with Gasteiger partial charge in [0.25, 0.3) is 5.56 Å². The molecule has 4 rings (SSSR count). The molecule has 1 aliphatic heterocycles. The zero-order chi connectivity index (χ0) is 17.9. The molecule has 0 amide bonds. The fourth-order valence-corrected chi connectivity index (χ4v) is 3.21. The molecule has 0 radical (unpaired) electrons. The van der Waals surface area contributed by atoms with Gasteiger partial charge in [0.15, 0.2) is 5.82 Å². The summed E-state index contributed by atoms with van der Waals surface area (Å²) in [4.78, 5) is 22.9. The summed E-state index contributed by atoms with van der Waals surface area (Å²) >= 11 is 0. The molecule has 0 bridgehead atoms. The topological polar surface area (TPSA) is 76.7 Å². The molecule has 0 aromatic carbocycles. The number of morpholine rings is 1. The van der Waals surface area contributed by atoms with E-state index >= 15 is 0 Å². The van der Waals surface area contributed by atoms with Gasteiger partial charge in [0.2, 0.25) is 0 Å². The summed E-state index contributed by atoms with van der Waals surface area (Å²) in [7, 11) is 1.71. The first-order valence-electron chi connectivity index (χ1n) is 8.71. The second-order valence-corrected chi connectivity index (χ2v) is 6.48. The number of ether oxygens (including phenoxy) is 1. The number of imidazole rings is 1. The molecular weight excluding hydrogens is 332 g/mol. The van der Waals surface area contributed by atoms with Gasteiger partial charge in [0.1, 0.15) is 5.65 Å². The molecule has 26 heavy (non-hydrogen) atoms. The Balaban J connectivity index is 1.38. The van der Waals surface area contributed by atoms with Crippen LogP contribution in [-0.2, 0) is 18.3 Å². The first-order chi connectivity index (χ1) is 12.7. The molecule has 4 heterocycles. The van der Waals surface area contributed by atoms with Crippen molar-refractivity contribution in [3.63, 3.8) is 0 Å². The number of aryl methyl sites for hydroxylation is 1. The van der Waals surface area contributed by atoms with E-state index in [4.69, 9.17) is 4.74 Å². The maximum absolute atomic E-state index is 12.0. The number of hydrogen-bond donors (Lipinski definition) is 1. The van der Waals surface area contributed by atoms with Crippen LogP contribution in [0.2, 0.25) is 0 Å². The van der Waals surface area contributed by atoms with Crippen molar-refractivity contribution in [2.75, 3.05) is 31.6 Å². The molecule has 1 fully saturated rings. The Morgan fingerprint density at radius 1 is 1.31 bits per heavy atom. The van der Waals surface area contributed by atoms with E-state index in [-0.39, 0.29) is 11.7 Å². The minimum atomic E-state index is -0.133. The van der Waals surface area contributed by atoms with Crippen LogP contribution < -0.4 is 10.9 Å². The van der Waals surface area contributed by atoms with E-state index < -0.39 is 0 Å². The Hall–Kier alpha value is -2.71. The number of nitrogens with one attached hydrogen (secondary N) is 1. The van der Waals surface area contributed by atoms with E-state index in [0.29, 0.717) is 19.0 Å². The van der Waals surface area contributed by atoms with Gasteiger partial charge in [-0.15, -0.1) is 0 Å². The molecule has 1 aliphatic rings. The number of anilines is 1. The molecule has 1 N–H and O–H groups in total. The smallest absolute Gasteiger partial charge is 0.293 e. The van der Waals surface area contributed by atoms with Gasteiger partial charge in [0.05, 0.1) is 24.6 Å². The van der Waals surface area contributed by atoms with Crippen molar-refractivity contribution >= 4 is 11.5 Å². The van der Waals surface area contributed by atoms with Gasteiger partial charge in [-0.3, -0.25) is 9.69 Å².